The second-order valence-electron chi connectivity index (χ2n) is 4.66. The van der Waals surface area contributed by atoms with Gasteiger partial charge >= 0.3 is 0 Å². The van der Waals surface area contributed by atoms with E-state index in [1.807, 2.05) is 13.0 Å². The molecule has 0 radical (unpaired) electrons. The van der Waals surface area contributed by atoms with E-state index in [1.165, 1.54) is 7.11 Å². The number of amides is 1. The van der Waals surface area contributed by atoms with Crippen LogP contribution in [0, 0.1) is 18.8 Å². The first-order valence-corrected chi connectivity index (χ1v) is 5.97. The van der Waals surface area contributed by atoms with Crippen molar-refractivity contribution < 1.29 is 14.6 Å². The first-order chi connectivity index (χ1) is 8.90. The van der Waals surface area contributed by atoms with Gasteiger partial charge in [0, 0.05) is 18.4 Å². The number of carbonyl (C=O) groups is 1. The molecule has 0 aliphatic heterocycles. The van der Waals surface area contributed by atoms with Gasteiger partial charge in [0.25, 0.3) is 5.91 Å². The summed E-state index contributed by atoms with van der Waals surface area (Å²) in [5.41, 5.74) is 1.56. The topological polar surface area (TPSA) is 58.6 Å². The van der Waals surface area contributed by atoms with Crippen LogP contribution in [0.5, 0.6) is 0 Å². The highest BCUT2D eigenvalue weighted by atomic mass is 16.5. The van der Waals surface area contributed by atoms with E-state index in [-0.39, 0.29) is 12.5 Å². The standard InChI is InChI=1S/C15H19NO3/c1-11-10-12(6-5-9-17)7-8-13(11)16-14(18)15(2,3)19-4/h7-8,10,17H,9H2,1-4H3,(H,16,18). The first kappa shape index (κ1) is 15.2. The zero-order valence-corrected chi connectivity index (χ0v) is 11.7. The zero-order chi connectivity index (χ0) is 14.5. The van der Waals surface area contributed by atoms with Gasteiger partial charge in [-0.15, -0.1) is 0 Å². The molecule has 0 aromatic heterocycles. The molecule has 19 heavy (non-hydrogen) atoms. The minimum atomic E-state index is -0.873. The largest absolute Gasteiger partial charge is 0.384 e. The average molecular weight is 261 g/mol. The lowest BCUT2D eigenvalue weighted by Gasteiger charge is -2.22. The monoisotopic (exact) mass is 261 g/mol. The predicted octanol–water partition coefficient (Wildman–Crippen LogP) is 1.70. The van der Waals surface area contributed by atoms with Crippen molar-refractivity contribution in [1.82, 2.24) is 0 Å². The number of hydrogen-bond donors (Lipinski definition) is 2. The third-order valence-corrected chi connectivity index (χ3v) is 2.84. The summed E-state index contributed by atoms with van der Waals surface area (Å²) >= 11 is 0. The molecular weight excluding hydrogens is 242 g/mol. The molecule has 0 atom stereocenters. The maximum Gasteiger partial charge on any atom is 0.256 e. The second-order valence-corrected chi connectivity index (χ2v) is 4.66. The number of nitrogens with one attached hydrogen (secondary N) is 1. The highest BCUT2D eigenvalue weighted by molar-refractivity contribution is 5.97. The molecule has 1 aromatic carbocycles. The summed E-state index contributed by atoms with van der Waals surface area (Å²) in [6.07, 6.45) is 0. The molecule has 0 aliphatic carbocycles. The smallest absolute Gasteiger partial charge is 0.256 e. The number of aliphatic hydroxyl groups is 1. The van der Waals surface area contributed by atoms with Crippen LogP contribution in [0.1, 0.15) is 25.0 Å². The van der Waals surface area contributed by atoms with Crippen LogP contribution in [0.15, 0.2) is 18.2 Å². The van der Waals surface area contributed by atoms with E-state index in [0.29, 0.717) is 0 Å². The highest BCUT2D eigenvalue weighted by Gasteiger charge is 2.27. The molecule has 0 heterocycles. The minimum absolute atomic E-state index is 0.167. The lowest BCUT2D eigenvalue weighted by molar-refractivity contribution is -0.133. The van der Waals surface area contributed by atoms with Gasteiger partial charge in [0.2, 0.25) is 0 Å². The molecule has 0 unspecified atom stereocenters. The Morgan fingerprint density at radius 1 is 1.47 bits per heavy atom. The summed E-state index contributed by atoms with van der Waals surface area (Å²) in [6.45, 7) is 5.14. The van der Waals surface area contributed by atoms with Crippen LogP contribution >= 0.6 is 0 Å². The van der Waals surface area contributed by atoms with Crippen LogP contribution in [0.25, 0.3) is 0 Å². The number of aliphatic hydroxyl groups excluding tert-OH is 1. The molecular formula is C15H19NO3. The fourth-order valence-electron chi connectivity index (χ4n) is 1.39. The molecule has 1 rings (SSSR count). The summed E-state index contributed by atoms with van der Waals surface area (Å²) in [5, 5.41) is 11.5. The molecule has 0 bridgehead atoms. The van der Waals surface area contributed by atoms with Gasteiger partial charge in [-0.2, -0.15) is 0 Å². The van der Waals surface area contributed by atoms with Gasteiger partial charge in [-0.25, -0.2) is 0 Å². The SMILES string of the molecule is COC(C)(C)C(=O)Nc1ccc(C#CCO)cc1C. The van der Waals surface area contributed by atoms with Crippen LogP contribution in [-0.2, 0) is 9.53 Å². The predicted molar refractivity (Wildman–Crippen MR) is 74.9 cm³/mol. The Morgan fingerprint density at radius 3 is 2.68 bits per heavy atom. The Morgan fingerprint density at radius 2 is 2.16 bits per heavy atom. The quantitative estimate of drug-likeness (QED) is 0.814. The normalized spacial score (nSPS) is 10.6. The Kier molecular flexibility index (Phi) is 5.11. The number of carbonyl (C=O) groups excluding carboxylic acids is 1. The lowest BCUT2D eigenvalue weighted by Crippen LogP contribution is -2.38. The van der Waals surface area contributed by atoms with Gasteiger partial charge in [0.05, 0.1) is 0 Å². The number of methoxy groups -OCH3 is 1. The Bertz CT molecular complexity index is 524. The summed E-state index contributed by atoms with van der Waals surface area (Å²) in [5.74, 6) is 5.20. The maximum atomic E-state index is 12.0. The Balaban J connectivity index is 2.89. The van der Waals surface area contributed by atoms with Crippen LogP contribution in [0.4, 0.5) is 5.69 Å². The number of hydrogen-bond acceptors (Lipinski definition) is 3. The van der Waals surface area contributed by atoms with E-state index in [4.69, 9.17) is 9.84 Å². The first-order valence-electron chi connectivity index (χ1n) is 5.97. The van der Waals surface area contributed by atoms with E-state index in [2.05, 4.69) is 17.2 Å². The fourth-order valence-corrected chi connectivity index (χ4v) is 1.39. The number of anilines is 1. The summed E-state index contributed by atoms with van der Waals surface area (Å²) in [6, 6.07) is 5.45. The molecule has 0 saturated heterocycles. The molecule has 102 valence electrons. The molecule has 0 aliphatic rings. The van der Waals surface area contributed by atoms with Crippen LogP contribution in [0.2, 0.25) is 0 Å². The number of benzene rings is 1. The van der Waals surface area contributed by atoms with Crippen molar-refractivity contribution >= 4 is 11.6 Å². The maximum absolute atomic E-state index is 12.0. The molecule has 2 N–H and O–H groups in total. The lowest BCUT2D eigenvalue weighted by atomic mass is 10.1. The third kappa shape index (κ3) is 4.09. The Hall–Kier alpha value is -1.83. The summed E-state index contributed by atoms with van der Waals surface area (Å²) in [7, 11) is 1.50. The van der Waals surface area contributed by atoms with Gasteiger partial charge in [-0.3, -0.25) is 4.79 Å². The zero-order valence-electron chi connectivity index (χ0n) is 11.7. The van der Waals surface area contributed by atoms with Crippen LogP contribution in [0.3, 0.4) is 0 Å². The van der Waals surface area contributed by atoms with E-state index in [1.54, 1.807) is 26.0 Å². The van der Waals surface area contributed by atoms with Gasteiger partial charge in [0.1, 0.15) is 12.2 Å². The molecule has 0 spiro atoms. The van der Waals surface area contributed by atoms with E-state index in [9.17, 15) is 4.79 Å². The molecule has 4 heteroatoms. The molecule has 1 amide bonds. The van der Waals surface area contributed by atoms with Crippen molar-refractivity contribution in [2.75, 3.05) is 19.0 Å². The molecule has 1 aromatic rings. The van der Waals surface area contributed by atoms with Crippen molar-refractivity contribution in [2.24, 2.45) is 0 Å². The summed E-state index contributed by atoms with van der Waals surface area (Å²) < 4.78 is 5.13. The molecule has 0 saturated carbocycles. The number of rotatable bonds is 3. The van der Waals surface area contributed by atoms with Gasteiger partial charge < -0.3 is 15.2 Å². The van der Waals surface area contributed by atoms with Crippen LogP contribution in [-0.4, -0.2) is 30.3 Å². The average Bonchev–Trinajstić information content (AvgIpc) is 2.39. The van der Waals surface area contributed by atoms with E-state index in [0.717, 1.165) is 16.8 Å². The van der Waals surface area contributed by atoms with E-state index < -0.39 is 5.60 Å². The molecule has 0 fully saturated rings. The number of ether oxygens (including phenoxy) is 1. The van der Waals surface area contributed by atoms with Crippen molar-refractivity contribution in [1.29, 1.82) is 0 Å². The molecule has 4 nitrogen and oxygen atoms in total. The van der Waals surface area contributed by atoms with Gasteiger partial charge in [-0.05, 0) is 44.5 Å². The van der Waals surface area contributed by atoms with Gasteiger partial charge in [0.15, 0.2) is 0 Å². The van der Waals surface area contributed by atoms with Crippen LogP contribution < -0.4 is 5.32 Å². The highest BCUT2D eigenvalue weighted by Crippen LogP contribution is 2.18. The minimum Gasteiger partial charge on any atom is -0.384 e. The number of aryl methyl sites for hydroxylation is 1. The second kappa shape index (κ2) is 6.37. The van der Waals surface area contributed by atoms with Crippen molar-refractivity contribution in [3.8, 4) is 11.8 Å². The Labute approximate surface area is 113 Å². The van der Waals surface area contributed by atoms with Crippen molar-refractivity contribution in [3.05, 3.63) is 29.3 Å². The third-order valence-electron chi connectivity index (χ3n) is 2.84. The van der Waals surface area contributed by atoms with Crippen molar-refractivity contribution in [2.45, 2.75) is 26.4 Å². The summed E-state index contributed by atoms with van der Waals surface area (Å²) in [4.78, 5) is 12.0. The fraction of sp³-hybridized carbons (Fsp3) is 0.400. The van der Waals surface area contributed by atoms with Crippen molar-refractivity contribution in [3.63, 3.8) is 0 Å². The van der Waals surface area contributed by atoms with Gasteiger partial charge in [-0.1, -0.05) is 11.8 Å². The van der Waals surface area contributed by atoms with E-state index >= 15 is 0 Å².